The van der Waals surface area contributed by atoms with Gasteiger partial charge in [0.05, 0.1) is 18.8 Å². The Morgan fingerprint density at radius 2 is 1.64 bits per heavy atom. The third-order valence-electron chi connectivity index (χ3n) is 8.96. The first kappa shape index (κ1) is 31.6. The molecule has 5 heteroatoms. The zero-order chi connectivity index (χ0) is 30.3. The molecule has 0 aliphatic carbocycles. The Labute approximate surface area is 257 Å². The average Bonchev–Trinajstić information content (AvgIpc) is 3.40. The minimum atomic E-state index is -0.0684. The van der Waals surface area contributed by atoms with E-state index in [-0.39, 0.29) is 16.9 Å². The van der Waals surface area contributed by atoms with Gasteiger partial charge in [0, 0.05) is 22.4 Å². The highest BCUT2D eigenvalue weighted by molar-refractivity contribution is 7.10. The third kappa shape index (κ3) is 7.55. The Morgan fingerprint density at radius 1 is 0.905 bits per heavy atom. The molecule has 4 aromatic rings. The summed E-state index contributed by atoms with van der Waals surface area (Å²) in [6.45, 7) is 17.7. The molecule has 0 radical (unpaired) electrons. The van der Waals surface area contributed by atoms with Crippen LogP contribution in [0.2, 0.25) is 0 Å². The van der Waals surface area contributed by atoms with Gasteiger partial charge in [0.25, 0.3) is 0 Å². The number of nitrogens with one attached hydrogen (secondary N) is 1. The molecule has 1 aromatic heterocycles. The van der Waals surface area contributed by atoms with E-state index in [4.69, 9.17) is 4.74 Å². The maximum Gasteiger partial charge on any atom is 0.322 e. The number of carbonyl (C=O) groups is 1. The predicted octanol–water partition coefficient (Wildman–Crippen LogP) is 10.5. The van der Waals surface area contributed by atoms with Crippen molar-refractivity contribution in [1.82, 2.24) is 4.90 Å². The molecule has 4 nitrogen and oxygen atoms in total. The highest BCUT2D eigenvalue weighted by Crippen LogP contribution is 2.38. The van der Waals surface area contributed by atoms with E-state index >= 15 is 0 Å². The zero-order valence-corrected chi connectivity index (χ0v) is 27.4. The topological polar surface area (TPSA) is 41.6 Å². The van der Waals surface area contributed by atoms with E-state index < -0.39 is 0 Å². The van der Waals surface area contributed by atoms with Crippen molar-refractivity contribution < 1.29 is 9.53 Å². The molecular weight excluding hydrogens is 536 g/mol. The maximum absolute atomic E-state index is 13.6. The lowest BCUT2D eigenvalue weighted by Crippen LogP contribution is -2.35. The van der Waals surface area contributed by atoms with Crippen LogP contribution in [0.5, 0.6) is 5.75 Å². The van der Waals surface area contributed by atoms with Gasteiger partial charge in [-0.1, -0.05) is 90.1 Å². The van der Waals surface area contributed by atoms with E-state index in [1.54, 1.807) is 11.3 Å². The van der Waals surface area contributed by atoms with Crippen LogP contribution in [0.4, 0.5) is 10.5 Å². The fourth-order valence-corrected chi connectivity index (χ4v) is 6.03. The summed E-state index contributed by atoms with van der Waals surface area (Å²) in [6.07, 6.45) is 3.87. The molecule has 0 aliphatic heterocycles. The molecular formula is C37H48N2O2S. The van der Waals surface area contributed by atoms with Gasteiger partial charge in [0.2, 0.25) is 0 Å². The van der Waals surface area contributed by atoms with Crippen LogP contribution in [-0.4, -0.2) is 24.1 Å². The second-order valence-corrected chi connectivity index (χ2v) is 13.6. The second-order valence-electron chi connectivity index (χ2n) is 12.6. The van der Waals surface area contributed by atoms with E-state index in [1.807, 2.05) is 29.2 Å². The predicted molar refractivity (Wildman–Crippen MR) is 180 cm³/mol. The number of aryl methyl sites for hydroxylation is 1. The van der Waals surface area contributed by atoms with Crippen molar-refractivity contribution in [1.29, 1.82) is 0 Å². The number of ether oxygens (including phenoxy) is 1. The van der Waals surface area contributed by atoms with Crippen molar-refractivity contribution >= 4 is 33.8 Å². The maximum atomic E-state index is 13.6. The molecule has 0 fully saturated rings. The molecule has 0 saturated carbocycles. The van der Waals surface area contributed by atoms with Crippen molar-refractivity contribution in [2.24, 2.45) is 0 Å². The molecule has 224 valence electrons. The number of unbranched alkanes of at least 4 members (excludes halogenated alkanes) is 1. The van der Waals surface area contributed by atoms with Gasteiger partial charge in [-0.15, -0.1) is 11.3 Å². The smallest absolute Gasteiger partial charge is 0.322 e. The molecule has 0 atom stereocenters. The molecule has 0 aliphatic rings. The minimum absolute atomic E-state index is 0.0320. The van der Waals surface area contributed by atoms with E-state index in [0.717, 1.165) is 47.9 Å². The molecule has 3 aromatic carbocycles. The number of urea groups is 1. The van der Waals surface area contributed by atoms with Crippen molar-refractivity contribution in [3.8, 4) is 5.75 Å². The number of hydrogen-bond donors (Lipinski definition) is 1. The number of benzene rings is 3. The summed E-state index contributed by atoms with van der Waals surface area (Å²) in [5.41, 5.74) is 4.89. The summed E-state index contributed by atoms with van der Waals surface area (Å²) in [5.74, 6) is 0.984. The fourth-order valence-electron chi connectivity index (χ4n) is 5.11. The van der Waals surface area contributed by atoms with Gasteiger partial charge in [0.15, 0.2) is 0 Å². The van der Waals surface area contributed by atoms with Crippen LogP contribution in [0.1, 0.15) is 88.8 Å². The number of anilines is 1. The van der Waals surface area contributed by atoms with Crippen molar-refractivity contribution in [2.75, 3.05) is 18.5 Å². The van der Waals surface area contributed by atoms with Crippen molar-refractivity contribution in [2.45, 2.75) is 91.5 Å². The summed E-state index contributed by atoms with van der Waals surface area (Å²) < 4.78 is 6.42. The van der Waals surface area contributed by atoms with Crippen LogP contribution < -0.4 is 10.1 Å². The number of nitrogens with zero attached hydrogens (tertiary/aromatic N) is 1. The van der Waals surface area contributed by atoms with E-state index in [0.29, 0.717) is 19.7 Å². The number of thiophene rings is 1. The SMILES string of the molecule is CCC(C)(C)c1ccc(OCCCCN(Cc2sccc2C)C(=O)Nc2cccc3ccccc23)c(C(C)(C)CC)c1. The van der Waals surface area contributed by atoms with E-state index in [1.165, 1.54) is 21.6 Å². The Morgan fingerprint density at radius 3 is 2.36 bits per heavy atom. The normalized spacial score (nSPS) is 12.0. The Balaban J connectivity index is 1.43. The minimum Gasteiger partial charge on any atom is -0.493 e. The van der Waals surface area contributed by atoms with Crippen molar-refractivity contribution in [3.63, 3.8) is 0 Å². The van der Waals surface area contributed by atoms with Gasteiger partial charge in [0.1, 0.15) is 5.75 Å². The molecule has 1 heterocycles. The van der Waals surface area contributed by atoms with Crippen LogP contribution in [-0.2, 0) is 17.4 Å². The Bertz CT molecular complexity index is 1480. The van der Waals surface area contributed by atoms with Crippen LogP contribution in [0.3, 0.4) is 0 Å². The molecule has 4 rings (SSSR count). The molecule has 0 spiro atoms. The molecule has 0 bridgehead atoms. The van der Waals surface area contributed by atoms with Crippen LogP contribution in [0.25, 0.3) is 10.8 Å². The van der Waals surface area contributed by atoms with E-state index in [2.05, 4.69) is 102 Å². The highest BCUT2D eigenvalue weighted by Gasteiger charge is 2.26. The number of fused-ring (bicyclic) bond motifs is 1. The van der Waals surface area contributed by atoms with Gasteiger partial charge in [-0.2, -0.15) is 0 Å². The number of rotatable bonds is 13. The molecule has 0 unspecified atom stereocenters. The first-order chi connectivity index (χ1) is 20.1. The van der Waals surface area contributed by atoms with Gasteiger partial charge in [-0.3, -0.25) is 0 Å². The average molecular weight is 585 g/mol. The van der Waals surface area contributed by atoms with Crippen LogP contribution in [0.15, 0.2) is 72.1 Å². The highest BCUT2D eigenvalue weighted by atomic mass is 32.1. The number of carbonyl (C=O) groups excluding carboxylic acids is 1. The van der Waals surface area contributed by atoms with Crippen LogP contribution >= 0.6 is 11.3 Å². The van der Waals surface area contributed by atoms with Crippen molar-refractivity contribution in [3.05, 3.63) is 93.7 Å². The van der Waals surface area contributed by atoms with Gasteiger partial charge >= 0.3 is 6.03 Å². The monoisotopic (exact) mass is 584 g/mol. The zero-order valence-electron chi connectivity index (χ0n) is 26.5. The Hall–Kier alpha value is -3.31. The molecule has 0 saturated heterocycles. The van der Waals surface area contributed by atoms with Crippen LogP contribution in [0, 0.1) is 6.92 Å². The first-order valence-electron chi connectivity index (χ1n) is 15.4. The summed E-state index contributed by atoms with van der Waals surface area (Å²) >= 11 is 1.71. The Kier molecular flexibility index (Phi) is 10.4. The molecule has 2 amide bonds. The quantitative estimate of drug-likeness (QED) is 0.159. The lowest BCUT2D eigenvalue weighted by atomic mass is 9.76. The van der Waals surface area contributed by atoms with Gasteiger partial charge in [-0.05, 0) is 83.5 Å². The summed E-state index contributed by atoms with van der Waals surface area (Å²) in [7, 11) is 0. The number of amides is 2. The fraction of sp³-hybridized carbons (Fsp3) is 0.432. The summed E-state index contributed by atoms with van der Waals surface area (Å²) in [6, 6.07) is 23.0. The van der Waals surface area contributed by atoms with Gasteiger partial charge < -0.3 is 15.0 Å². The summed E-state index contributed by atoms with van der Waals surface area (Å²) in [5, 5.41) is 7.46. The summed E-state index contributed by atoms with van der Waals surface area (Å²) in [4.78, 5) is 16.8. The second kappa shape index (κ2) is 13.8. The van der Waals surface area contributed by atoms with E-state index in [9.17, 15) is 4.79 Å². The lowest BCUT2D eigenvalue weighted by Gasteiger charge is -2.30. The molecule has 1 N–H and O–H groups in total. The number of hydrogen-bond acceptors (Lipinski definition) is 3. The molecule has 42 heavy (non-hydrogen) atoms. The first-order valence-corrected chi connectivity index (χ1v) is 16.3. The largest absolute Gasteiger partial charge is 0.493 e. The van der Waals surface area contributed by atoms with Gasteiger partial charge in [-0.25, -0.2) is 4.79 Å². The standard InChI is InChI=1S/C37H48N2O2S/c1-8-36(4,5)29-19-20-33(31(25-29)37(6,7)9-2)41-23-13-12-22-39(26-34-27(3)21-24-42-34)35(40)38-32-18-14-16-28-15-10-11-17-30(28)32/h10-11,14-21,24-25H,8-9,12-13,22-23,26H2,1-7H3,(H,38,40). The lowest BCUT2D eigenvalue weighted by molar-refractivity contribution is 0.205. The third-order valence-corrected chi connectivity index (χ3v) is 9.97.